The third-order valence-corrected chi connectivity index (χ3v) is 5.58. The lowest BCUT2D eigenvalue weighted by atomic mass is 9.81. The number of rotatable bonds is 6. The molecular formula is C25H24N2O3. The molecule has 1 fully saturated rings. The van der Waals surface area contributed by atoms with Crippen molar-refractivity contribution in [1.82, 2.24) is 10.2 Å². The van der Waals surface area contributed by atoms with Crippen LogP contribution in [0.2, 0.25) is 0 Å². The molecule has 0 bridgehead atoms. The third-order valence-electron chi connectivity index (χ3n) is 5.58. The van der Waals surface area contributed by atoms with Gasteiger partial charge < -0.3 is 10.1 Å². The van der Waals surface area contributed by atoms with E-state index in [9.17, 15) is 9.59 Å². The van der Waals surface area contributed by atoms with Gasteiger partial charge in [0.15, 0.2) is 5.54 Å². The SMILES string of the molecule is Cc1ccc(C2(c3ccccc3)NC(=O)N(CCOc3ccccc3)C2=O)cc1C. The second-order valence-corrected chi connectivity index (χ2v) is 7.46. The lowest BCUT2D eigenvalue weighted by molar-refractivity contribution is -0.130. The van der Waals surface area contributed by atoms with Gasteiger partial charge in [-0.25, -0.2) is 4.79 Å². The Bertz CT molecular complexity index is 1070. The van der Waals surface area contributed by atoms with Crippen molar-refractivity contribution in [2.75, 3.05) is 13.2 Å². The van der Waals surface area contributed by atoms with Gasteiger partial charge in [0.2, 0.25) is 0 Å². The fraction of sp³-hybridized carbons (Fsp3) is 0.200. The Hall–Kier alpha value is -3.60. The maximum atomic E-state index is 13.7. The monoisotopic (exact) mass is 400 g/mol. The van der Waals surface area contributed by atoms with Gasteiger partial charge in [-0.1, -0.05) is 66.7 Å². The van der Waals surface area contributed by atoms with E-state index in [0.717, 1.165) is 22.3 Å². The zero-order valence-electron chi connectivity index (χ0n) is 17.1. The number of para-hydroxylation sites is 1. The first kappa shape index (κ1) is 19.7. The molecule has 1 atom stereocenters. The van der Waals surface area contributed by atoms with Gasteiger partial charge >= 0.3 is 6.03 Å². The number of nitrogens with one attached hydrogen (secondary N) is 1. The summed E-state index contributed by atoms with van der Waals surface area (Å²) in [5.41, 5.74) is 2.44. The predicted octanol–water partition coefficient (Wildman–Crippen LogP) is 4.18. The van der Waals surface area contributed by atoms with E-state index in [1.54, 1.807) is 0 Å². The summed E-state index contributed by atoms with van der Waals surface area (Å²) in [6, 6.07) is 24.2. The number of urea groups is 1. The van der Waals surface area contributed by atoms with Gasteiger partial charge in [0.1, 0.15) is 12.4 Å². The Kier molecular flexibility index (Phi) is 5.27. The van der Waals surface area contributed by atoms with Gasteiger partial charge in [-0.05, 0) is 48.2 Å². The Labute approximate surface area is 176 Å². The molecule has 0 radical (unpaired) electrons. The van der Waals surface area contributed by atoms with Crippen LogP contribution in [0.3, 0.4) is 0 Å². The molecule has 0 aliphatic carbocycles. The Balaban J connectivity index is 1.66. The van der Waals surface area contributed by atoms with Crippen LogP contribution in [0.4, 0.5) is 4.79 Å². The molecule has 3 aromatic rings. The number of hydrogen-bond donors (Lipinski definition) is 1. The lowest BCUT2D eigenvalue weighted by Gasteiger charge is -2.28. The van der Waals surface area contributed by atoms with Crippen molar-refractivity contribution in [2.24, 2.45) is 0 Å². The molecule has 1 aliphatic rings. The van der Waals surface area contributed by atoms with E-state index in [1.807, 2.05) is 92.7 Å². The highest BCUT2D eigenvalue weighted by molar-refractivity contribution is 6.09. The van der Waals surface area contributed by atoms with Gasteiger partial charge in [-0.2, -0.15) is 0 Å². The average molecular weight is 400 g/mol. The third kappa shape index (κ3) is 3.43. The molecule has 152 valence electrons. The highest BCUT2D eigenvalue weighted by Crippen LogP contribution is 2.36. The van der Waals surface area contributed by atoms with E-state index in [-0.39, 0.29) is 19.1 Å². The van der Waals surface area contributed by atoms with Gasteiger partial charge in [0.25, 0.3) is 5.91 Å². The number of ether oxygens (including phenoxy) is 1. The van der Waals surface area contributed by atoms with Gasteiger partial charge in [-0.15, -0.1) is 0 Å². The number of nitrogens with zero attached hydrogens (tertiary/aromatic N) is 1. The summed E-state index contributed by atoms with van der Waals surface area (Å²) in [4.78, 5) is 27.8. The second-order valence-electron chi connectivity index (χ2n) is 7.46. The number of hydrogen-bond acceptors (Lipinski definition) is 3. The first-order valence-electron chi connectivity index (χ1n) is 9.97. The summed E-state index contributed by atoms with van der Waals surface area (Å²) in [7, 11) is 0. The van der Waals surface area contributed by atoms with Crippen molar-refractivity contribution >= 4 is 11.9 Å². The van der Waals surface area contributed by atoms with E-state index in [1.165, 1.54) is 4.90 Å². The first-order chi connectivity index (χ1) is 14.5. The van der Waals surface area contributed by atoms with Gasteiger partial charge in [-0.3, -0.25) is 9.69 Å². The minimum Gasteiger partial charge on any atom is -0.492 e. The van der Waals surface area contributed by atoms with Crippen LogP contribution in [0.5, 0.6) is 5.75 Å². The molecule has 0 saturated carbocycles. The highest BCUT2D eigenvalue weighted by atomic mass is 16.5. The molecule has 4 rings (SSSR count). The molecule has 1 saturated heterocycles. The van der Waals surface area contributed by atoms with Crippen molar-refractivity contribution in [1.29, 1.82) is 0 Å². The summed E-state index contributed by atoms with van der Waals surface area (Å²) in [5.74, 6) is 0.409. The van der Waals surface area contributed by atoms with Crippen LogP contribution in [0.15, 0.2) is 78.9 Å². The number of benzene rings is 3. The number of carbonyl (C=O) groups excluding carboxylic acids is 2. The van der Waals surface area contributed by atoms with E-state index in [4.69, 9.17) is 4.74 Å². The summed E-state index contributed by atoms with van der Waals surface area (Å²) in [5, 5.41) is 2.98. The van der Waals surface area contributed by atoms with Crippen molar-refractivity contribution in [3.05, 3.63) is 101 Å². The number of imide groups is 1. The number of carbonyl (C=O) groups is 2. The lowest BCUT2D eigenvalue weighted by Crippen LogP contribution is -2.45. The topological polar surface area (TPSA) is 58.6 Å². The van der Waals surface area contributed by atoms with Crippen LogP contribution in [-0.2, 0) is 10.3 Å². The summed E-state index contributed by atoms with van der Waals surface area (Å²) >= 11 is 0. The molecule has 1 unspecified atom stereocenters. The standard InChI is InChI=1S/C25H24N2O3/c1-18-13-14-21(17-19(18)2)25(20-9-5-3-6-10-20)23(28)27(24(29)26-25)15-16-30-22-11-7-4-8-12-22/h3-14,17H,15-16H2,1-2H3,(H,26,29). The molecule has 3 aromatic carbocycles. The number of amides is 3. The average Bonchev–Trinajstić information content (AvgIpc) is 3.02. The molecule has 5 heteroatoms. The van der Waals surface area contributed by atoms with Gasteiger partial charge in [0, 0.05) is 0 Å². The van der Waals surface area contributed by atoms with Crippen LogP contribution < -0.4 is 10.1 Å². The van der Waals surface area contributed by atoms with Crippen LogP contribution >= 0.6 is 0 Å². The molecule has 0 spiro atoms. The quantitative estimate of drug-likeness (QED) is 0.632. The van der Waals surface area contributed by atoms with E-state index in [0.29, 0.717) is 5.75 Å². The zero-order valence-corrected chi connectivity index (χ0v) is 17.1. The van der Waals surface area contributed by atoms with Gasteiger partial charge in [0.05, 0.1) is 6.54 Å². The van der Waals surface area contributed by atoms with E-state index in [2.05, 4.69) is 5.32 Å². The maximum Gasteiger partial charge on any atom is 0.325 e. The second kappa shape index (κ2) is 8.03. The zero-order chi connectivity index (χ0) is 21.1. The molecule has 30 heavy (non-hydrogen) atoms. The summed E-state index contributed by atoms with van der Waals surface area (Å²) < 4.78 is 5.71. The van der Waals surface area contributed by atoms with Crippen molar-refractivity contribution < 1.29 is 14.3 Å². The summed E-state index contributed by atoms with van der Waals surface area (Å²) in [6.45, 7) is 4.42. The summed E-state index contributed by atoms with van der Waals surface area (Å²) in [6.07, 6.45) is 0. The van der Waals surface area contributed by atoms with Crippen molar-refractivity contribution in [3.63, 3.8) is 0 Å². The fourth-order valence-corrected chi connectivity index (χ4v) is 3.77. The number of aryl methyl sites for hydroxylation is 2. The molecule has 1 heterocycles. The Morgan fingerprint density at radius 2 is 1.50 bits per heavy atom. The van der Waals surface area contributed by atoms with E-state index < -0.39 is 11.6 Å². The molecular weight excluding hydrogens is 376 g/mol. The molecule has 0 aromatic heterocycles. The van der Waals surface area contributed by atoms with E-state index >= 15 is 0 Å². The smallest absolute Gasteiger partial charge is 0.325 e. The van der Waals surface area contributed by atoms with Crippen LogP contribution in [0.1, 0.15) is 22.3 Å². The first-order valence-corrected chi connectivity index (χ1v) is 9.97. The van der Waals surface area contributed by atoms with Crippen molar-refractivity contribution in [2.45, 2.75) is 19.4 Å². The minimum atomic E-state index is -1.25. The van der Waals surface area contributed by atoms with Crippen LogP contribution in [0.25, 0.3) is 0 Å². The molecule has 1 aliphatic heterocycles. The molecule has 1 N–H and O–H groups in total. The normalized spacial score (nSPS) is 18.4. The minimum absolute atomic E-state index is 0.166. The highest BCUT2D eigenvalue weighted by Gasteiger charge is 2.53. The Morgan fingerprint density at radius 3 is 2.17 bits per heavy atom. The molecule has 5 nitrogen and oxygen atoms in total. The fourth-order valence-electron chi connectivity index (χ4n) is 3.77. The van der Waals surface area contributed by atoms with Crippen molar-refractivity contribution in [3.8, 4) is 5.75 Å². The molecule has 3 amide bonds. The van der Waals surface area contributed by atoms with Crippen LogP contribution in [0, 0.1) is 13.8 Å². The Morgan fingerprint density at radius 1 is 0.833 bits per heavy atom. The predicted molar refractivity (Wildman–Crippen MR) is 115 cm³/mol. The largest absolute Gasteiger partial charge is 0.492 e. The maximum absolute atomic E-state index is 13.7. The van der Waals surface area contributed by atoms with Crippen LogP contribution in [-0.4, -0.2) is 30.0 Å².